The first-order chi connectivity index (χ1) is 13.7. The molecule has 29 heavy (non-hydrogen) atoms. The second-order valence-electron chi connectivity index (χ2n) is 6.56. The number of rotatable bonds is 20. The highest BCUT2D eigenvalue weighted by Crippen LogP contribution is 2.30. The maximum atomic E-state index is 13.7. The SMILES string of the molecule is OCCCOCC(COCCCO)(COC(F)(F)CCO)COC(F)(F)CCO. The van der Waals surface area contributed by atoms with E-state index >= 15 is 0 Å². The van der Waals surface area contributed by atoms with E-state index in [9.17, 15) is 17.6 Å². The Morgan fingerprint density at radius 1 is 0.552 bits per heavy atom. The van der Waals surface area contributed by atoms with Gasteiger partial charge < -0.3 is 39.4 Å². The van der Waals surface area contributed by atoms with Crippen LogP contribution in [0.25, 0.3) is 0 Å². The second kappa shape index (κ2) is 15.2. The standard InChI is InChI=1S/C17H32F4O8/c18-16(19,3-7-24)28-13-15(11-26-9-1-5-22,12-27-10-2-6-23)14-29-17(20,21)4-8-25/h22-25H,1-14H2. The third kappa shape index (κ3) is 14.1. The summed E-state index contributed by atoms with van der Waals surface area (Å²) in [5.74, 6) is 0. The van der Waals surface area contributed by atoms with Crippen LogP contribution in [0, 0.1) is 5.41 Å². The van der Waals surface area contributed by atoms with Gasteiger partial charge in [-0.05, 0) is 12.8 Å². The molecule has 0 saturated heterocycles. The topological polar surface area (TPSA) is 118 Å². The molecule has 0 fully saturated rings. The van der Waals surface area contributed by atoms with Crippen molar-refractivity contribution < 1.29 is 56.9 Å². The van der Waals surface area contributed by atoms with Crippen LogP contribution in [0.1, 0.15) is 25.7 Å². The zero-order valence-electron chi connectivity index (χ0n) is 16.3. The molecule has 0 spiro atoms. The van der Waals surface area contributed by atoms with Crippen LogP contribution < -0.4 is 0 Å². The molecule has 0 bridgehead atoms. The number of ether oxygens (including phenoxy) is 4. The van der Waals surface area contributed by atoms with Crippen LogP contribution >= 0.6 is 0 Å². The Morgan fingerprint density at radius 3 is 1.24 bits per heavy atom. The van der Waals surface area contributed by atoms with E-state index in [2.05, 4.69) is 9.47 Å². The quantitative estimate of drug-likeness (QED) is 0.162. The molecule has 0 saturated carbocycles. The third-order valence-corrected chi connectivity index (χ3v) is 3.69. The van der Waals surface area contributed by atoms with E-state index in [-0.39, 0.29) is 52.5 Å². The van der Waals surface area contributed by atoms with Crippen molar-refractivity contribution in [1.82, 2.24) is 0 Å². The fraction of sp³-hybridized carbons (Fsp3) is 1.00. The molecule has 0 heterocycles. The van der Waals surface area contributed by atoms with Crippen molar-refractivity contribution in [2.45, 2.75) is 37.9 Å². The predicted molar refractivity (Wildman–Crippen MR) is 92.7 cm³/mol. The summed E-state index contributed by atoms with van der Waals surface area (Å²) in [6, 6.07) is 0. The van der Waals surface area contributed by atoms with Crippen LogP contribution in [-0.2, 0) is 18.9 Å². The predicted octanol–water partition coefficient (Wildman–Crippen LogP) is 0.754. The van der Waals surface area contributed by atoms with E-state index in [0.717, 1.165) is 0 Å². The fourth-order valence-corrected chi connectivity index (χ4v) is 2.08. The van der Waals surface area contributed by atoms with Gasteiger partial charge in [-0.15, -0.1) is 0 Å². The van der Waals surface area contributed by atoms with E-state index < -0.39 is 56.9 Å². The summed E-state index contributed by atoms with van der Waals surface area (Å²) in [6.45, 7) is -4.25. The Bertz CT molecular complexity index is 366. The van der Waals surface area contributed by atoms with Gasteiger partial charge in [0, 0.05) is 26.4 Å². The highest BCUT2D eigenvalue weighted by molar-refractivity contribution is 4.81. The van der Waals surface area contributed by atoms with Crippen molar-refractivity contribution in [3.8, 4) is 0 Å². The maximum Gasteiger partial charge on any atom is 0.357 e. The molecule has 0 atom stereocenters. The lowest BCUT2D eigenvalue weighted by atomic mass is 9.92. The molecule has 0 aromatic heterocycles. The first-order valence-corrected chi connectivity index (χ1v) is 9.28. The first-order valence-electron chi connectivity index (χ1n) is 9.28. The van der Waals surface area contributed by atoms with Gasteiger partial charge in [-0.1, -0.05) is 0 Å². The number of halogens is 4. The number of aliphatic hydroxyl groups is 4. The maximum absolute atomic E-state index is 13.7. The Kier molecular flexibility index (Phi) is 14.9. The minimum absolute atomic E-state index is 0.0367. The van der Waals surface area contributed by atoms with Crippen molar-refractivity contribution in [3.63, 3.8) is 0 Å². The number of aliphatic hydroxyl groups excluding tert-OH is 4. The van der Waals surface area contributed by atoms with Gasteiger partial charge in [0.2, 0.25) is 0 Å². The smallest absolute Gasteiger partial charge is 0.357 e. The van der Waals surface area contributed by atoms with Gasteiger partial charge in [0.15, 0.2) is 0 Å². The van der Waals surface area contributed by atoms with Gasteiger partial charge in [-0.25, -0.2) is 0 Å². The summed E-state index contributed by atoms with van der Waals surface area (Å²) in [6.07, 6.45) is -8.90. The van der Waals surface area contributed by atoms with Crippen LogP contribution in [0.5, 0.6) is 0 Å². The van der Waals surface area contributed by atoms with Gasteiger partial charge in [-0.2, -0.15) is 17.6 Å². The van der Waals surface area contributed by atoms with Gasteiger partial charge in [0.25, 0.3) is 0 Å². The van der Waals surface area contributed by atoms with Crippen LogP contribution in [0.4, 0.5) is 17.6 Å². The molecule has 0 aromatic carbocycles. The summed E-state index contributed by atoms with van der Waals surface area (Å²) in [5, 5.41) is 35.0. The zero-order valence-corrected chi connectivity index (χ0v) is 16.3. The molecule has 12 heteroatoms. The molecular formula is C17H32F4O8. The Morgan fingerprint density at radius 2 is 0.931 bits per heavy atom. The number of hydrogen-bond donors (Lipinski definition) is 4. The van der Waals surface area contributed by atoms with Crippen LogP contribution in [0.2, 0.25) is 0 Å². The second-order valence-corrected chi connectivity index (χ2v) is 6.56. The molecule has 0 aromatic rings. The molecular weight excluding hydrogens is 408 g/mol. The number of alkyl halides is 4. The average molecular weight is 440 g/mol. The Hall–Kier alpha value is -0.600. The minimum Gasteiger partial charge on any atom is -0.396 e. The monoisotopic (exact) mass is 440 g/mol. The zero-order chi connectivity index (χ0) is 22.2. The third-order valence-electron chi connectivity index (χ3n) is 3.69. The first kappa shape index (κ1) is 28.4. The van der Waals surface area contributed by atoms with Crippen LogP contribution in [0.3, 0.4) is 0 Å². The molecule has 0 amide bonds. The summed E-state index contributed by atoms with van der Waals surface area (Å²) in [5.41, 5.74) is -1.57. The van der Waals surface area contributed by atoms with Gasteiger partial charge >= 0.3 is 12.2 Å². The lowest BCUT2D eigenvalue weighted by Crippen LogP contribution is -2.45. The van der Waals surface area contributed by atoms with Gasteiger partial charge in [0.1, 0.15) is 0 Å². The van der Waals surface area contributed by atoms with Crippen molar-refractivity contribution in [2.75, 3.05) is 66.1 Å². The highest BCUT2D eigenvalue weighted by atomic mass is 19.3. The normalized spacial score (nSPS) is 13.2. The molecule has 0 aliphatic carbocycles. The molecule has 0 radical (unpaired) electrons. The van der Waals surface area contributed by atoms with E-state index in [1.807, 2.05) is 0 Å². The molecule has 0 rings (SSSR count). The van der Waals surface area contributed by atoms with Crippen molar-refractivity contribution in [1.29, 1.82) is 0 Å². The van der Waals surface area contributed by atoms with E-state index in [0.29, 0.717) is 0 Å². The molecule has 0 unspecified atom stereocenters. The summed E-state index contributed by atoms with van der Waals surface area (Å²) in [7, 11) is 0. The summed E-state index contributed by atoms with van der Waals surface area (Å²) < 4.78 is 74.4. The molecule has 0 aliphatic heterocycles. The van der Waals surface area contributed by atoms with E-state index in [1.54, 1.807) is 0 Å². The average Bonchev–Trinajstić information content (AvgIpc) is 2.65. The summed E-state index contributed by atoms with van der Waals surface area (Å²) in [4.78, 5) is 0. The van der Waals surface area contributed by atoms with Crippen LogP contribution in [-0.4, -0.2) is 98.7 Å². The minimum atomic E-state index is -3.70. The van der Waals surface area contributed by atoms with Crippen molar-refractivity contribution in [3.05, 3.63) is 0 Å². The lowest BCUT2D eigenvalue weighted by molar-refractivity contribution is -0.292. The van der Waals surface area contributed by atoms with Gasteiger partial charge in [0.05, 0.1) is 57.9 Å². The van der Waals surface area contributed by atoms with Crippen molar-refractivity contribution in [2.24, 2.45) is 5.41 Å². The molecule has 4 N–H and O–H groups in total. The van der Waals surface area contributed by atoms with E-state index in [4.69, 9.17) is 29.9 Å². The number of hydrogen-bond acceptors (Lipinski definition) is 8. The van der Waals surface area contributed by atoms with Gasteiger partial charge in [-0.3, -0.25) is 0 Å². The van der Waals surface area contributed by atoms with E-state index in [1.165, 1.54) is 0 Å². The lowest BCUT2D eigenvalue weighted by Gasteiger charge is -2.35. The Labute approximate surface area is 167 Å². The van der Waals surface area contributed by atoms with Crippen molar-refractivity contribution >= 4 is 0 Å². The largest absolute Gasteiger partial charge is 0.396 e. The molecule has 8 nitrogen and oxygen atoms in total. The molecule has 0 aliphatic rings. The fourth-order valence-electron chi connectivity index (χ4n) is 2.08. The van der Waals surface area contributed by atoms with Crippen LogP contribution in [0.15, 0.2) is 0 Å². The highest BCUT2D eigenvalue weighted by Gasteiger charge is 2.41. The molecule has 176 valence electrons. The summed E-state index contributed by atoms with van der Waals surface area (Å²) >= 11 is 0. The Balaban J connectivity index is 5.28.